The van der Waals surface area contributed by atoms with Crippen molar-refractivity contribution in [2.45, 2.75) is 70.4 Å². The first-order valence-corrected chi connectivity index (χ1v) is 11.3. The zero-order chi connectivity index (χ0) is 21.3. The molecule has 1 N–H and O–H groups in total. The molecule has 3 aliphatic rings. The van der Waals surface area contributed by atoms with E-state index in [0.29, 0.717) is 18.3 Å². The standard InChI is InChI=1S/C22H33N5O3.2ClH/c1-15-14-26(20-13-23-18-9-11-25(2)12-10-19(18)24-20)22(30)27(15)17-6-3-16(4-7-17)5-8-21(28)29;;/h13,15-17H,3-12,14H2,1-2H3,(H,28,29);2*1H/t15?,16-,17-;;. The van der Waals surface area contributed by atoms with Crippen molar-refractivity contribution in [3.63, 3.8) is 0 Å². The zero-order valence-corrected chi connectivity index (χ0v) is 20.5. The fourth-order valence-corrected chi connectivity index (χ4v) is 5.19. The van der Waals surface area contributed by atoms with Gasteiger partial charge in [0.1, 0.15) is 0 Å². The number of anilines is 1. The number of aliphatic carboxylic acids is 1. The van der Waals surface area contributed by atoms with Crippen LogP contribution in [0.25, 0.3) is 0 Å². The third kappa shape index (κ3) is 5.83. The van der Waals surface area contributed by atoms with Gasteiger partial charge in [0.15, 0.2) is 5.82 Å². The lowest BCUT2D eigenvalue weighted by Gasteiger charge is -2.36. The summed E-state index contributed by atoms with van der Waals surface area (Å²) in [6.45, 7) is 4.71. The number of carbonyl (C=O) groups is 2. The number of hydrogen-bond donors (Lipinski definition) is 1. The number of carboxylic acids is 1. The number of likely N-dealkylation sites (N-methyl/N-ethyl adjacent to an activating group) is 1. The van der Waals surface area contributed by atoms with Gasteiger partial charge in [0.2, 0.25) is 0 Å². The summed E-state index contributed by atoms with van der Waals surface area (Å²) in [5.41, 5.74) is 2.08. The molecule has 1 aromatic heterocycles. The lowest BCUT2D eigenvalue weighted by atomic mass is 9.82. The van der Waals surface area contributed by atoms with Gasteiger partial charge < -0.3 is 14.9 Å². The fraction of sp³-hybridized carbons (Fsp3) is 0.727. The first-order valence-electron chi connectivity index (χ1n) is 11.3. The molecule has 1 aromatic rings. The monoisotopic (exact) mass is 487 g/mol. The second kappa shape index (κ2) is 11.5. The van der Waals surface area contributed by atoms with Crippen LogP contribution in [0.4, 0.5) is 10.6 Å². The Morgan fingerprint density at radius 1 is 1.12 bits per heavy atom. The van der Waals surface area contributed by atoms with Crippen LogP contribution in [-0.4, -0.2) is 75.6 Å². The van der Waals surface area contributed by atoms with Crippen molar-refractivity contribution in [1.82, 2.24) is 19.8 Å². The molecule has 1 unspecified atom stereocenters. The van der Waals surface area contributed by atoms with Gasteiger partial charge in [0, 0.05) is 51.0 Å². The second-order valence-corrected chi connectivity index (χ2v) is 9.18. The minimum absolute atomic E-state index is 0. The Bertz CT molecular complexity index is 804. The number of carboxylic acid groups (broad SMARTS) is 1. The van der Waals surface area contributed by atoms with E-state index in [9.17, 15) is 9.59 Å². The smallest absolute Gasteiger partial charge is 0.326 e. The number of fused-ring (bicyclic) bond motifs is 1. The highest BCUT2D eigenvalue weighted by atomic mass is 35.5. The third-order valence-electron chi connectivity index (χ3n) is 7.01. The summed E-state index contributed by atoms with van der Waals surface area (Å²) in [5, 5.41) is 8.91. The lowest BCUT2D eigenvalue weighted by molar-refractivity contribution is -0.137. The maximum Gasteiger partial charge on any atom is 0.326 e. The average Bonchev–Trinajstić information content (AvgIpc) is 2.90. The second-order valence-electron chi connectivity index (χ2n) is 9.18. The summed E-state index contributed by atoms with van der Waals surface area (Å²) in [5.74, 6) is 0.424. The highest BCUT2D eigenvalue weighted by molar-refractivity contribution is 5.93. The van der Waals surface area contributed by atoms with Crippen LogP contribution in [0.3, 0.4) is 0 Å². The maximum atomic E-state index is 13.3. The average molecular weight is 488 g/mol. The molecule has 180 valence electrons. The molecule has 0 aromatic carbocycles. The number of urea groups is 1. The van der Waals surface area contributed by atoms with E-state index in [1.807, 2.05) is 4.90 Å². The van der Waals surface area contributed by atoms with Gasteiger partial charge in [0.25, 0.3) is 0 Å². The molecule has 1 atom stereocenters. The highest BCUT2D eigenvalue weighted by Gasteiger charge is 2.41. The Labute approximate surface area is 202 Å². The predicted molar refractivity (Wildman–Crippen MR) is 128 cm³/mol. The molecule has 10 heteroatoms. The summed E-state index contributed by atoms with van der Waals surface area (Å²) in [6, 6.07) is 0.419. The summed E-state index contributed by atoms with van der Waals surface area (Å²) < 4.78 is 0. The van der Waals surface area contributed by atoms with Gasteiger partial charge in [-0.15, -0.1) is 24.8 Å². The van der Waals surface area contributed by atoms with E-state index in [1.165, 1.54) is 0 Å². The zero-order valence-electron chi connectivity index (χ0n) is 18.9. The molecular formula is C22H35Cl2N5O3. The largest absolute Gasteiger partial charge is 0.481 e. The first-order chi connectivity index (χ1) is 14.4. The normalized spacial score (nSPS) is 26.1. The van der Waals surface area contributed by atoms with Crippen molar-refractivity contribution in [1.29, 1.82) is 0 Å². The van der Waals surface area contributed by atoms with Crippen molar-refractivity contribution in [3.8, 4) is 0 Å². The summed E-state index contributed by atoms with van der Waals surface area (Å²) in [7, 11) is 2.12. The van der Waals surface area contributed by atoms with Gasteiger partial charge in [-0.25, -0.2) is 9.78 Å². The molecule has 1 saturated carbocycles. The van der Waals surface area contributed by atoms with Crippen LogP contribution in [-0.2, 0) is 17.6 Å². The Kier molecular flexibility index (Phi) is 9.54. The van der Waals surface area contributed by atoms with Crippen LogP contribution in [0.15, 0.2) is 6.20 Å². The van der Waals surface area contributed by atoms with Crippen molar-refractivity contribution in [3.05, 3.63) is 17.6 Å². The predicted octanol–water partition coefficient (Wildman–Crippen LogP) is 3.40. The van der Waals surface area contributed by atoms with Gasteiger partial charge in [-0.1, -0.05) is 0 Å². The molecule has 4 rings (SSSR count). The molecular weight excluding hydrogens is 453 g/mol. The Morgan fingerprint density at radius 3 is 2.44 bits per heavy atom. The maximum absolute atomic E-state index is 13.3. The van der Waals surface area contributed by atoms with E-state index >= 15 is 0 Å². The van der Waals surface area contributed by atoms with E-state index in [-0.39, 0.29) is 49.3 Å². The fourth-order valence-electron chi connectivity index (χ4n) is 5.19. The minimum Gasteiger partial charge on any atom is -0.481 e. The first kappa shape index (κ1) is 26.6. The number of amides is 2. The van der Waals surface area contributed by atoms with E-state index in [0.717, 1.165) is 69.4 Å². The number of halogens is 2. The molecule has 2 amide bonds. The van der Waals surface area contributed by atoms with Crippen LogP contribution in [0.5, 0.6) is 0 Å². The van der Waals surface area contributed by atoms with Crippen LogP contribution >= 0.6 is 24.8 Å². The molecule has 2 fully saturated rings. The van der Waals surface area contributed by atoms with Crippen molar-refractivity contribution in [2.75, 3.05) is 31.6 Å². The molecule has 1 aliphatic carbocycles. The quantitative estimate of drug-likeness (QED) is 0.684. The van der Waals surface area contributed by atoms with Crippen LogP contribution in [0.1, 0.15) is 56.8 Å². The van der Waals surface area contributed by atoms with Gasteiger partial charge in [-0.2, -0.15) is 0 Å². The van der Waals surface area contributed by atoms with Gasteiger partial charge in [-0.3, -0.25) is 14.7 Å². The van der Waals surface area contributed by atoms with Crippen molar-refractivity contribution in [2.24, 2.45) is 5.92 Å². The number of carbonyl (C=O) groups excluding carboxylic acids is 1. The Balaban J connectivity index is 0.00000181. The molecule has 8 nitrogen and oxygen atoms in total. The molecule has 3 heterocycles. The van der Waals surface area contributed by atoms with Crippen molar-refractivity contribution < 1.29 is 14.7 Å². The van der Waals surface area contributed by atoms with Crippen LogP contribution in [0.2, 0.25) is 0 Å². The van der Waals surface area contributed by atoms with E-state index in [1.54, 1.807) is 11.1 Å². The number of aromatic nitrogens is 2. The minimum atomic E-state index is -0.718. The number of rotatable bonds is 5. The molecule has 0 bridgehead atoms. The third-order valence-corrected chi connectivity index (χ3v) is 7.01. The highest BCUT2D eigenvalue weighted by Crippen LogP contribution is 2.34. The van der Waals surface area contributed by atoms with E-state index in [4.69, 9.17) is 10.1 Å². The number of hydrogen-bond acceptors (Lipinski definition) is 5. The van der Waals surface area contributed by atoms with Crippen molar-refractivity contribution >= 4 is 42.6 Å². The van der Waals surface area contributed by atoms with Gasteiger partial charge in [-0.05, 0) is 52.0 Å². The molecule has 0 spiro atoms. The van der Waals surface area contributed by atoms with E-state index in [2.05, 4.69) is 23.9 Å². The Morgan fingerprint density at radius 2 is 1.78 bits per heavy atom. The van der Waals surface area contributed by atoms with E-state index < -0.39 is 5.97 Å². The molecule has 1 saturated heterocycles. The summed E-state index contributed by atoms with van der Waals surface area (Å²) in [4.78, 5) is 39.7. The molecule has 0 radical (unpaired) electrons. The number of nitrogens with zero attached hydrogens (tertiary/aromatic N) is 5. The Hall–Kier alpha value is -1.64. The topological polar surface area (TPSA) is 89.9 Å². The summed E-state index contributed by atoms with van der Waals surface area (Å²) in [6.07, 6.45) is 8.44. The lowest BCUT2D eigenvalue weighted by Crippen LogP contribution is -2.44. The van der Waals surface area contributed by atoms with Crippen LogP contribution in [0, 0.1) is 5.92 Å². The molecule has 32 heavy (non-hydrogen) atoms. The van der Waals surface area contributed by atoms with Gasteiger partial charge in [0.05, 0.1) is 17.6 Å². The molecule has 2 aliphatic heterocycles. The summed E-state index contributed by atoms with van der Waals surface area (Å²) >= 11 is 0. The van der Waals surface area contributed by atoms with Gasteiger partial charge >= 0.3 is 12.0 Å². The SMILES string of the molecule is CC1CN(c2cnc3c(n2)CCN(C)CC3)C(=O)N1[C@H]1CC[C@H](CCC(=O)O)CC1.Cl.Cl. The van der Waals surface area contributed by atoms with Crippen LogP contribution < -0.4 is 4.90 Å².